The number of hydrogen-bond acceptors (Lipinski definition) is 5. The van der Waals surface area contributed by atoms with Gasteiger partial charge in [0.05, 0.1) is 14.2 Å². The third-order valence-electron chi connectivity index (χ3n) is 5.51. The van der Waals surface area contributed by atoms with Crippen molar-refractivity contribution in [3.05, 3.63) is 83.4 Å². The van der Waals surface area contributed by atoms with E-state index in [1.807, 2.05) is 36.4 Å². The maximum absolute atomic E-state index is 12.8. The molecule has 0 atom stereocenters. The Labute approximate surface area is 192 Å². The number of fused-ring (bicyclic) bond motifs is 1. The third-order valence-corrected chi connectivity index (χ3v) is 5.51. The first-order chi connectivity index (χ1) is 16.1. The average Bonchev–Trinajstić information content (AvgIpc) is 3.01. The summed E-state index contributed by atoms with van der Waals surface area (Å²) in [5, 5.41) is 2.91. The Hall–Kier alpha value is -4.00. The average molecular weight is 447 g/mol. The number of carbonyl (C=O) groups is 2. The maximum atomic E-state index is 12.8. The number of amides is 2. The topological polar surface area (TPSA) is 77.1 Å². The van der Waals surface area contributed by atoms with Gasteiger partial charge in [-0.15, -0.1) is 0 Å². The van der Waals surface area contributed by atoms with Gasteiger partial charge in [0.15, 0.2) is 6.61 Å². The van der Waals surface area contributed by atoms with E-state index in [4.69, 9.17) is 14.2 Å². The molecule has 0 aliphatic carbocycles. The SMILES string of the molecule is COc1cc(OC)cc(C(=O)Nc2ccc3c(c2)CN(CCc2ccccc2)C(=O)CO3)c1. The first-order valence-corrected chi connectivity index (χ1v) is 10.7. The van der Waals surface area contributed by atoms with Crippen molar-refractivity contribution in [3.8, 4) is 17.2 Å². The lowest BCUT2D eigenvalue weighted by molar-refractivity contribution is -0.133. The van der Waals surface area contributed by atoms with Crippen molar-refractivity contribution < 1.29 is 23.8 Å². The minimum Gasteiger partial charge on any atom is -0.497 e. The summed E-state index contributed by atoms with van der Waals surface area (Å²) >= 11 is 0. The summed E-state index contributed by atoms with van der Waals surface area (Å²) < 4.78 is 16.2. The molecule has 2 amide bonds. The van der Waals surface area contributed by atoms with Crippen LogP contribution in [0.5, 0.6) is 17.2 Å². The first kappa shape index (κ1) is 22.2. The lowest BCUT2D eigenvalue weighted by Crippen LogP contribution is -2.34. The van der Waals surface area contributed by atoms with Gasteiger partial charge in [0, 0.05) is 36.0 Å². The van der Waals surface area contributed by atoms with Gasteiger partial charge < -0.3 is 24.4 Å². The van der Waals surface area contributed by atoms with Gasteiger partial charge in [-0.1, -0.05) is 30.3 Å². The lowest BCUT2D eigenvalue weighted by atomic mass is 10.1. The van der Waals surface area contributed by atoms with Gasteiger partial charge in [-0.25, -0.2) is 0 Å². The van der Waals surface area contributed by atoms with Crippen LogP contribution in [-0.2, 0) is 17.8 Å². The maximum Gasteiger partial charge on any atom is 0.260 e. The van der Waals surface area contributed by atoms with E-state index >= 15 is 0 Å². The molecule has 0 saturated heterocycles. The van der Waals surface area contributed by atoms with E-state index in [9.17, 15) is 9.59 Å². The van der Waals surface area contributed by atoms with E-state index in [1.165, 1.54) is 19.8 Å². The third kappa shape index (κ3) is 5.44. The second kappa shape index (κ2) is 10.1. The molecule has 33 heavy (non-hydrogen) atoms. The summed E-state index contributed by atoms with van der Waals surface area (Å²) in [7, 11) is 3.07. The van der Waals surface area contributed by atoms with Crippen LogP contribution in [0.4, 0.5) is 5.69 Å². The number of rotatable bonds is 7. The summed E-state index contributed by atoms with van der Waals surface area (Å²) in [6, 6.07) is 20.4. The number of benzene rings is 3. The number of carbonyl (C=O) groups excluding carboxylic acids is 2. The second-order valence-corrected chi connectivity index (χ2v) is 7.72. The molecule has 0 aromatic heterocycles. The van der Waals surface area contributed by atoms with Crippen LogP contribution in [0.25, 0.3) is 0 Å². The number of anilines is 1. The minimum absolute atomic E-state index is 0.00288. The predicted octanol–water partition coefficient (Wildman–Crippen LogP) is 3.92. The molecule has 4 rings (SSSR count). The van der Waals surface area contributed by atoms with Gasteiger partial charge in [-0.3, -0.25) is 9.59 Å². The van der Waals surface area contributed by atoms with E-state index in [0.29, 0.717) is 41.6 Å². The predicted molar refractivity (Wildman–Crippen MR) is 125 cm³/mol. The number of ether oxygens (including phenoxy) is 3. The Morgan fingerprint density at radius 3 is 2.42 bits per heavy atom. The van der Waals surface area contributed by atoms with Gasteiger partial charge in [-0.2, -0.15) is 0 Å². The fraction of sp³-hybridized carbons (Fsp3) is 0.231. The fourth-order valence-corrected chi connectivity index (χ4v) is 3.70. The molecular weight excluding hydrogens is 420 g/mol. The Bertz CT molecular complexity index is 1120. The summed E-state index contributed by atoms with van der Waals surface area (Å²) in [4.78, 5) is 27.2. The largest absolute Gasteiger partial charge is 0.497 e. The van der Waals surface area contributed by atoms with Gasteiger partial charge >= 0.3 is 0 Å². The molecule has 170 valence electrons. The molecule has 1 aliphatic heterocycles. The van der Waals surface area contributed by atoms with Crippen molar-refractivity contribution in [1.29, 1.82) is 0 Å². The van der Waals surface area contributed by atoms with E-state index in [-0.39, 0.29) is 18.4 Å². The van der Waals surface area contributed by atoms with Gasteiger partial charge in [0.2, 0.25) is 0 Å². The molecule has 1 aliphatic rings. The Morgan fingerprint density at radius 2 is 1.73 bits per heavy atom. The number of methoxy groups -OCH3 is 2. The Morgan fingerprint density at radius 1 is 1.00 bits per heavy atom. The van der Waals surface area contributed by atoms with Crippen LogP contribution in [0.15, 0.2) is 66.7 Å². The van der Waals surface area contributed by atoms with Crippen molar-refractivity contribution in [1.82, 2.24) is 4.90 Å². The highest BCUT2D eigenvalue weighted by Gasteiger charge is 2.22. The van der Waals surface area contributed by atoms with Crippen LogP contribution >= 0.6 is 0 Å². The van der Waals surface area contributed by atoms with E-state index in [0.717, 1.165) is 12.0 Å². The van der Waals surface area contributed by atoms with Crippen LogP contribution in [0.1, 0.15) is 21.5 Å². The van der Waals surface area contributed by atoms with Crippen molar-refractivity contribution in [3.63, 3.8) is 0 Å². The van der Waals surface area contributed by atoms with Gasteiger partial charge in [0.25, 0.3) is 11.8 Å². The fourth-order valence-electron chi connectivity index (χ4n) is 3.70. The number of hydrogen-bond donors (Lipinski definition) is 1. The Balaban J connectivity index is 1.49. The van der Waals surface area contributed by atoms with Crippen LogP contribution in [-0.4, -0.2) is 44.1 Å². The molecule has 3 aromatic carbocycles. The number of nitrogens with zero attached hydrogens (tertiary/aromatic N) is 1. The van der Waals surface area contributed by atoms with Crippen molar-refractivity contribution >= 4 is 17.5 Å². The number of nitrogens with one attached hydrogen (secondary N) is 1. The molecule has 1 heterocycles. The molecule has 0 unspecified atom stereocenters. The monoisotopic (exact) mass is 446 g/mol. The summed E-state index contributed by atoms with van der Waals surface area (Å²) in [6.45, 7) is 1.00. The molecule has 3 aromatic rings. The highest BCUT2D eigenvalue weighted by Crippen LogP contribution is 2.28. The summed E-state index contributed by atoms with van der Waals surface area (Å²) in [5.74, 6) is 1.35. The summed E-state index contributed by atoms with van der Waals surface area (Å²) in [5.41, 5.74) is 3.04. The molecule has 0 radical (unpaired) electrons. The van der Waals surface area contributed by atoms with E-state index < -0.39 is 0 Å². The lowest BCUT2D eigenvalue weighted by Gasteiger charge is -2.20. The zero-order valence-electron chi connectivity index (χ0n) is 18.7. The molecule has 7 heteroatoms. The van der Waals surface area contributed by atoms with Crippen molar-refractivity contribution in [2.75, 3.05) is 32.7 Å². The Kier molecular flexibility index (Phi) is 6.78. The van der Waals surface area contributed by atoms with Crippen molar-refractivity contribution in [2.45, 2.75) is 13.0 Å². The van der Waals surface area contributed by atoms with Crippen LogP contribution < -0.4 is 19.5 Å². The van der Waals surface area contributed by atoms with Crippen molar-refractivity contribution in [2.24, 2.45) is 0 Å². The highest BCUT2D eigenvalue weighted by atomic mass is 16.5. The molecular formula is C26H26N2O5. The van der Waals surface area contributed by atoms with Gasteiger partial charge in [0.1, 0.15) is 17.2 Å². The molecule has 0 saturated carbocycles. The van der Waals surface area contributed by atoms with Crippen LogP contribution in [0, 0.1) is 0 Å². The zero-order chi connectivity index (χ0) is 23.2. The molecule has 0 bridgehead atoms. The summed E-state index contributed by atoms with van der Waals surface area (Å²) in [6.07, 6.45) is 0.760. The second-order valence-electron chi connectivity index (χ2n) is 7.72. The quantitative estimate of drug-likeness (QED) is 0.595. The molecule has 0 spiro atoms. The smallest absolute Gasteiger partial charge is 0.260 e. The van der Waals surface area contributed by atoms with Crippen LogP contribution in [0.2, 0.25) is 0 Å². The van der Waals surface area contributed by atoms with Gasteiger partial charge in [-0.05, 0) is 42.3 Å². The standard InChI is InChI=1S/C26H26N2O5/c1-31-22-13-19(14-23(15-22)32-2)26(30)27-21-8-9-24-20(12-21)16-28(25(29)17-33-24)11-10-18-6-4-3-5-7-18/h3-9,12-15H,10-11,16-17H2,1-2H3,(H,27,30). The molecule has 7 nitrogen and oxygen atoms in total. The minimum atomic E-state index is -0.293. The normalized spacial score (nSPS) is 12.9. The highest BCUT2D eigenvalue weighted by molar-refractivity contribution is 6.04. The zero-order valence-corrected chi connectivity index (χ0v) is 18.7. The van der Waals surface area contributed by atoms with E-state index in [1.54, 1.807) is 35.2 Å². The molecule has 1 N–H and O–H groups in total. The molecule has 0 fully saturated rings. The van der Waals surface area contributed by atoms with E-state index in [2.05, 4.69) is 5.32 Å². The van der Waals surface area contributed by atoms with Crippen LogP contribution in [0.3, 0.4) is 0 Å². The first-order valence-electron chi connectivity index (χ1n) is 10.7.